The van der Waals surface area contributed by atoms with Crippen molar-refractivity contribution in [3.05, 3.63) is 64.5 Å². The molecule has 0 N–H and O–H groups in total. The van der Waals surface area contributed by atoms with Gasteiger partial charge in [0.15, 0.2) is 0 Å². The van der Waals surface area contributed by atoms with Gasteiger partial charge in [0.25, 0.3) is 11.8 Å². The number of nitrogens with zero attached hydrogens (tertiary/aromatic N) is 1. The zero-order valence-electron chi connectivity index (χ0n) is 15.2. The van der Waals surface area contributed by atoms with Gasteiger partial charge in [0.1, 0.15) is 5.76 Å². The molecule has 0 aliphatic carbocycles. The first-order valence-corrected chi connectivity index (χ1v) is 9.93. The van der Waals surface area contributed by atoms with Crippen molar-refractivity contribution in [2.45, 2.75) is 38.9 Å². The normalized spacial score (nSPS) is 14.6. The van der Waals surface area contributed by atoms with Crippen LogP contribution in [-0.2, 0) is 15.3 Å². The average molecular weight is 369 g/mol. The molecule has 1 aliphatic heterocycles. The molecule has 0 bridgehead atoms. The van der Waals surface area contributed by atoms with Gasteiger partial charge in [-0.3, -0.25) is 14.5 Å². The molecule has 0 spiro atoms. The second-order valence-electron chi connectivity index (χ2n) is 6.41. The van der Waals surface area contributed by atoms with Crippen molar-refractivity contribution in [2.24, 2.45) is 0 Å². The lowest BCUT2D eigenvalue weighted by molar-refractivity contribution is -0.136. The molecule has 0 radical (unpaired) electrons. The smallest absolute Gasteiger partial charge is 0.267 e. The predicted octanol–water partition coefficient (Wildman–Crippen LogP) is 4.79. The van der Waals surface area contributed by atoms with Crippen LogP contribution < -0.4 is 0 Å². The molecule has 136 valence electrons. The first kappa shape index (κ1) is 18.5. The van der Waals surface area contributed by atoms with Crippen LogP contribution in [0.15, 0.2) is 52.0 Å². The van der Waals surface area contributed by atoms with Gasteiger partial charge in [-0.2, -0.15) is 0 Å². The molecule has 5 heteroatoms. The molecule has 0 atom stereocenters. The summed E-state index contributed by atoms with van der Waals surface area (Å²) in [5, 5.41) is 0. The van der Waals surface area contributed by atoms with Crippen LogP contribution in [0.1, 0.15) is 43.1 Å². The first-order chi connectivity index (χ1) is 12.6. The Hall–Kier alpha value is -2.27. The Kier molecular flexibility index (Phi) is 5.99. The van der Waals surface area contributed by atoms with Gasteiger partial charge in [0.05, 0.1) is 22.5 Å². The zero-order chi connectivity index (χ0) is 18.5. The van der Waals surface area contributed by atoms with Crippen molar-refractivity contribution in [1.82, 2.24) is 4.90 Å². The van der Waals surface area contributed by atoms with Gasteiger partial charge in [0.2, 0.25) is 0 Å². The van der Waals surface area contributed by atoms with E-state index in [1.54, 1.807) is 6.26 Å². The number of rotatable bonds is 8. The summed E-state index contributed by atoms with van der Waals surface area (Å²) in [6.07, 6.45) is 4.51. The van der Waals surface area contributed by atoms with Crippen molar-refractivity contribution in [3.8, 4) is 0 Å². The Bertz CT molecular complexity index is 806. The summed E-state index contributed by atoms with van der Waals surface area (Å²) >= 11 is 1.38. The summed E-state index contributed by atoms with van der Waals surface area (Å²) in [6, 6.07) is 11.5. The number of carbonyl (C=O) groups excluding carboxylic acids is 2. The summed E-state index contributed by atoms with van der Waals surface area (Å²) in [5.74, 6) is 0.949. The fraction of sp³-hybridized carbons (Fsp3) is 0.333. The van der Waals surface area contributed by atoms with E-state index in [-0.39, 0.29) is 11.8 Å². The van der Waals surface area contributed by atoms with Crippen LogP contribution >= 0.6 is 11.8 Å². The molecule has 1 aromatic carbocycles. The SMILES string of the molecule is CCCCCN1C(=O)C(SCc2ccco2)=C(c2ccc(C)cc2)C1=O. The van der Waals surface area contributed by atoms with Gasteiger partial charge in [-0.25, -0.2) is 0 Å². The van der Waals surface area contributed by atoms with Gasteiger partial charge in [-0.1, -0.05) is 49.6 Å². The Morgan fingerprint density at radius 1 is 1.04 bits per heavy atom. The Balaban J connectivity index is 1.89. The van der Waals surface area contributed by atoms with E-state index in [4.69, 9.17) is 4.42 Å². The van der Waals surface area contributed by atoms with E-state index in [1.807, 2.05) is 43.3 Å². The van der Waals surface area contributed by atoms with E-state index in [0.717, 1.165) is 36.1 Å². The number of amides is 2. The molecular formula is C21H23NO3S. The quantitative estimate of drug-likeness (QED) is 0.496. The minimum atomic E-state index is -0.183. The predicted molar refractivity (Wildman–Crippen MR) is 104 cm³/mol. The number of furan rings is 1. The Labute approximate surface area is 158 Å². The molecule has 1 aliphatic rings. The number of hydrogen-bond acceptors (Lipinski definition) is 4. The van der Waals surface area contributed by atoms with Crippen molar-refractivity contribution < 1.29 is 14.0 Å². The van der Waals surface area contributed by atoms with Crippen LogP contribution in [0.5, 0.6) is 0 Å². The van der Waals surface area contributed by atoms with E-state index in [0.29, 0.717) is 22.8 Å². The van der Waals surface area contributed by atoms with Crippen LogP contribution in [0.4, 0.5) is 0 Å². The van der Waals surface area contributed by atoms with Crippen LogP contribution in [0.25, 0.3) is 5.57 Å². The van der Waals surface area contributed by atoms with Gasteiger partial charge >= 0.3 is 0 Å². The standard InChI is InChI=1S/C21H23NO3S/c1-3-4-5-12-22-20(23)18(16-10-8-15(2)9-11-16)19(21(22)24)26-14-17-7-6-13-25-17/h6-11,13H,3-5,12,14H2,1-2H3. The maximum absolute atomic E-state index is 13.0. The molecular weight excluding hydrogens is 346 g/mol. The molecule has 1 aromatic heterocycles. The third-order valence-corrected chi connectivity index (χ3v) is 5.49. The number of hydrogen-bond donors (Lipinski definition) is 0. The highest BCUT2D eigenvalue weighted by molar-refractivity contribution is 8.03. The highest BCUT2D eigenvalue weighted by Gasteiger charge is 2.38. The lowest BCUT2D eigenvalue weighted by Crippen LogP contribution is -2.32. The summed E-state index contributed by atoms with van der Waals surface area (Å²) < 4.78 is 5.37. The Morgan fingerprint density at radius 3 is 2.46 bits per heavy atom. The summed E-state index contributed by atoms with van der Waals surface area (Å²) in [6.45, 7) is 4.59. The molecule has 2 amide bonds. The number of imide groups is 1. The topological polar surface area (TPSA) is 50.5 Å². The zero-order valence-corrected chi connectivity index (χ0v) is 16.0. The highest BCUT2D eigenvalue weighted by Crippen LogP contribution is 2.37. The number of thioether (sulfide) groups is 1. The summed E-state index contributed by atoms with van der Waals surface area (Å²) in [4.78, 5) is 27.8. The van der Waals surface area contributed by atoms with Gasteiger partial charge in [-0.05, 0) is 31.0 Å². The van der Waals surface area contributed by atoms with Gasteiger partial charge in [-0.15, -0.1) is 11.8 Å². The number of benzene rings is 1. The first-order valence-electron chi connectivity index (χ1n) is 8.94. The molecule has 0 saturated carbocycles. The van der Waals surface area contributed by atoms with Gasteiger partial charge < -0.3 is 4.42 Å². The average Bonchev–Trinajstić information content (AvgIpc) is 3.23. The van der Waals surface area contributed by atoms with Crippen LogP contribution in [-0.4, -0.2) is 23.3 Å². The van der Waals surface area contributed by atoms with Crippen molar-refractivity contribution >= 4 is 29.1 Å². The molecule has 2 heterocycles. The molecule has 0 saturated heterocycles. The third kappa shape index (κ3) is 3.93. The van der Waals surface area contributed by atoms with Crippen molar-refractivity contribution in [1.29, 1.82) is 0 Å². The maximum Gasteiger partial charge on any atom is 0.267 e. The molecule has 2 aromatic rings. The fourth-order valence-electron chi connectivity index (χ4n) is 2.92. The molecule has 3 rings (SSSR count). The molecule has 0 unspecified atom stereocenters. The number of carbonyl (C=O) groups is 2. The van der Waals surface area contributed by atoms with E-state index in [1.165, 1.54) is 16.7 Å². The Morgan fingerprint density at radius 2 is 1.81 bits per heavy atom. The highest BCUT2D eigenvalue weighted by atomic mass is 32.2. The van der Waals surface area contributed by atoms with E-state index in [2.05, 4.69) is 6.92 Å². The van der Waals surface area contributed by atoms with E-state index < -0.39 is 0 Å². The maximum atomic E-state index is 13.0. The second kappa shape index (κ2) is 8.41. The van der Waals surface area contributed by atoms with E-state index in [9.17, 15) is 9.59 Å². The third-order valence-electron chi connectivity index (χ3n) is 4.39. The van der Waals surface area contributed by atoms with Crippen LogP contribution in [0.2, 0.25) is 0 Å². The van der Waals surface area contributed by atoms with Crippen LogP contribution in [0, 0.1) is 6.92 Å². The molecule has 4 nitrogen and oxygen atoms in total. The minimum absolute atomic E-state index is 0.182. The summed E-state index contributed by atoms with van der Waals surface area (Å²) in [5.41, 5.74) is 2.44. The monoisotopic (exact) mass is 369 g/mol. The number of aryl methyl sites for hydroxylation is 1. The second-order valence-corrected chi connectivity index (χ2v) is 7.39. The lowest BCUT2D eigenvalue weighted by atomic mass is 10.0. The van der Waals surface area contributed by atoms with E-state index >= 15 is 0 Å². The van der Waals surface area contributed by atoms with Crippen LogP contribution in [0.3, 0.4) is 0 Å². The fourth-order valence-corrected chi connectivity index (χ4v) is 3.96. The van der Waals surface area contributed by atoms with Gasteiger partial charge in [0, 0.05) is 6.54 Å². The molecule has 26 heavy (non-hydrogen) atoms. The molecule has 0 fully saturated rings. The number of unbranched alkanes of at least 4 members (excludes halogenated alkanes) is 2. The van der Waals surface area contributed by atoms with Crippen molar-refractivity contribution in [3.63, 3.8) is 0 Å². The largest absolute Gasteiger partial charge is 0.468 e. The lowest BCUT2D eigenvalue weighted by Gasteiger charge is -2.14. The minimum Gasteiger partial charge on any atom is -0.468 e. The summed E-state index contributed by atoms with van der Waals surface area (Å²) in [7, 11) is 0. The van der Waals surface area contributed by atoms with Crippen molar-refractivity contribution in [2.75, 3.05) is 6.54 Å².